The first kappa shape index (κ1) is 19.7. The van der Waals surface area contributed by atoms with Crippen molar-refractivity contribution in [3.8, 4) is 5.75 Å². The summed E-state index contributed by atoms with van der Waals surface area (Å²) in [5, 5.41) is 2.93. The van der Waals surface area contributed by atoms with Gasteiger partial charge >= 0.3 is 23.9 Å². The highest BCUT2D eigenvalue weighted by Gasteiger charge is 2.76. The molecule has 24 heavy (non-hydrogen) atoms. The molecule has 0 spiro atoms. The summed E-state index contributed by atoms with van der Waals surface area (Å²) in [6.07, 6.45) is -5.80. The zero-order chi connectivity index (χ0) is 18.6. The second-order valence-electron chi connectivity index (χ2n) is 4.35. The Balaban J connectivity index is 2.77. The molecule has 134 valence electrons. The molecule has 1 amide bonds. The number of rotatable bonds is 6. The van der Waals surface area contributed by atoms with E-state index in [9.17, 15) is 35.5 Å². The van der Waals surface area contributed by atoms with Gasteiger partial charge in [0.05, 0.1) is 12.8 Å². The van der Waals surface area contributed by atoms with Crippen molar-refractivity contribution in [2.24, 2.45) is 5.10 Å². The van der Waals surface area contributed by atoms with Crippen LogP contribution in [0.4, 0.5) is 30.7 Å². The van der Waals surface area contributed by atoms with Crippen molar-refractivity contribution < 1.29 is 40.3 Å². The maximum absolute atomic E-state index is 13.0. The summed E-state index contributed by atoms with van der Waals surface area (Å²) in [5.41, 5.74) is 1.21. The van der Waals surface area contributed by atoms with Crippen LogP contribution in [-0.2, 0) is 4.79 Å². The minimum Gasteiger partial charge on any atom is -0.494 e. The molecule has 1 aromatic carbocycles. The third-order valence-corrected chi connectivity index (χ3v) is 2.61. The molecule has 0 aliphatic rings. The molecule has 0 saturated heterocycles. The zero-order valence-corrected chi connectivity index (χ0v) is 12.0. The largest absolute Gasteiger partial charge is 0.494 e. The van der Waals surface area contributed by atoms with Gasteiger partial charge in [-0.25, -0.2) is 5.43 Å². The molecular formula is C13H11F7N2O2. The highest BCUT2D eigenvalue weighted by atomic mass is 19.4. The SMILES string of the molecule is CCOc1ccc(/C=N/NC(=O)C(F)(F)C(F)(F)C(F)(F)F)cc1. The fraction of sp³-hybridized carbons (Fsp3) is 0.385. The first-order valence-electron chi connectivity index (χ1n) is 6.32. The van der Waals surface area contributed by atoms with Crippen LogP contribution < -0.4 is 10.2 Å². The summed E-state index contributed by atoms with van der Waals surface area (Å²) >= 11 is 0. The molecule has 0 atom stereocenters. The highest BCUT2D eigenvalue weighted by Crippen LogP contribution is 2.46. The minimum absolute atomic E-state index is 0.254. The normalized spacial score (nSPS) is 13.2. The first-order chi connectivity index (χ1) is 10.9. The summed E-state index contributed by atoms with van der Waals surface area (Å²) in [4.78, 5) is 10.9. The third kappa shape index (κ3) is 4.15. The van der Waals surface area contributed by atoms with Gasteiger partial charge in [0, 0.05) is 0 Å². The number of hydrazone groups is 1. The maximum Gasteiger partial charge on any atom is 0.460 e. The molecule has 0 aliphatic heterocycles. The van der Waals surface area contributed by atoms with E-state index in [2.05, 4.69) is 5.10 Å². The molecule has 0 radical (unpaired) electrons. The number of halogens is 7. The van der Waals surface area contributed by atoms with Crippen molar-refractivity contribution in [1.29, 1.82) is 0 Å². The molecule has 0 fully saturated rings. The van der Waals surface area contributed by atoms with Gasteiger partial charge in [0.1, 0.15) is 5.75 Å². The van der Waals surface area contributed by atoms with E-state index >= 15 is 0 Å². The predicted octanol–water partition coefficient (Wildman–Crippen LogP) is 3.37. The average Bonchev–Trinajstić information content (AvgIpc) is 2.47. The summed E-state index contributed by atoms with van der Waals surface area (Å²) in [5.74, 6) is -14.9. The molecule has 1 rings (SSSR count). The van der Waals surface area contributed by atoms with Crippen LogP contribution in [-0.4, -0.2) is 36.8 Å². The van der Waals surface area contributed by atoms with Crippen molar-refractivity contribution in [1.82, 2.24) is 5.43 Å². The number of carbonyl (C=O) groups is 1. The first-order valence-corrected chi connectivity index (χ1v) is 6.32. The van der Waals surface area contributed by atoms with Gasteiger partial charge in [0.25, 0.3) is 0 Å². The van der Waals surface area contributed by atoms with Crippen molar-refractivity contribution >= 4 is 12.1 Å². The molecule has 1 N–H and O–H groups in total. The molecular weight excluding hydrogens is 349 g/mol. The topological polar surface area (TPSA) is 50.7 Å². The number of ether oxygens (including phenoxy) is 1. The fourth-order valence-electron chi connectivity index (χ4n) is 1.37. The fourth-order valence-corrected chi connectivity index (χ4v) is 1.37. The number of nitrogens with one attached hydrogen (secondary N) is 1. The average molecular weight is 360 g/mol. The van der Waals surface area contributed by atoms with E-state index in [1.807, 2.05) is 0 Å². The van der Waals surface area contributed by atoms with Crippen molar-refractivity contribution in [2.75, 3.05) is 6.61 Å². The second kappa shape index (κ2) is 7.05. The van der Waals surface area contributed by atoms with Gasteiger partial charge in [-0.2, -0.15) is 35.8 Å². The molecule has 0 aromatic heterocycles. The standard InChI is InChI=1S/C13H11F7N2O2/c1-2-24-9-5-3-8(4-6-9)7-21-22-10(23)11(14,15)12(16,17)13(18,19)20/h3-7H,2H2,1H3,(H,22,23)/b21-7+. The van der Waals surface area contributed by atoms with Crippen LogP contribution in [0, 0.1) is 0 Å². The summed E-state index contributed by atoms with van der Waals surface area (Å²) in [7, 11) is 0. The van der Waals surface area contributed by atoms with Gasteiger partial charge in [0.2, 0.25) is 0 Å². The number of benzene rings is 1. The Kier molecular flexibility index (Phi) is 5.80. The number of amides is 1. The summed E-state index contributed by atoms with van der Waals surface area (Å²) in [6.45, 7) is 2.13. The molecule has 0 saturated carbocycles. The van der Waals surface area contributed by atoms with Gasteiger partial charge in [0.15, 0.2) is 0 Å². The van der Waals surface area contributed by atoms with Crippen molar-refractivity contribution in [3.63, 3.8) is 0 Å². The minimum atomic E-state index is -6.59. The van der Waals surface area contributed by atoms with Crippen LogP contribution in [0.3, 0.4) is 0 Å². The van der Waals surface area contributed by atoms with Crippen molar-refractivity contribution in [3.05, 3.63) is 29.8 Å². The lowest BCUT2D eigenvalue weighted by molar-refractivity contribution is -0.344. The summed E-state index contributed by atoms with van der Waals surface area (Å²) < 4.78 is 92.1. The van der Waals surface area contributed by atoms with Crippen LogP contribution in [0.2, 0.25) is 0 Å². The molecule has 0 aliphatic carbocycles. The summed E-state index contributed by atoms with van der Waals surface area (Å²) in [6, 6.07) is 5.73. The Morgan fingerprint density at radius 1 is 1.12 bits per heavy atom. The van der Waals surface area contributed by atoms with Crippen LogP contribution in [0.1, 0.15) is 12.5 Å². The van der Waals surface area contributed by atoms with Crippen LogP contribution >= 0.6 is 0 Å². The number of hydrogen-bond acceptors (Lipinski definition) is 3. The van der Waals surface area contributed by atoms with Gasteiger partial charge in [-0.3, -0.25) is 4.79 Å². The molecule has 4 nitrogen and oxygen atoms in total. The van der Waals surface area contributed by atoms with Gasteiger partial charge < -0.3 is 4.74 Å². The van der Waals surface area contributed by atoms with Crippen molar-refractivity contribution in [2.45, 2.75) is 24.9 Å². The Bertz CT molecular complexity index is 597. The van der Waals surface area contributed by atoms with Crippen LogP contribution in [0.25, 0.3) is 0 Å². The van der Waals surface area contributed by atoms with Crippen LogP contribution in [0.5, 0.6) is 5.75 Å². The molecule has 0 bridgehead atoms. The Labute approximate surface area is 131 Å². The number of carbonyl (C=O) groups excluding carboxylic acids is 1. The Morgan fingerprint density at radius 3 is 2.12 bits per heavy atom. The number of hydrogen-bond donors (Lipinski definition) is 1. The van der Waals surface area contributed by atoms with E-state index in [1.54, 1.807) is 6.92 Å². The molecule has 11 heteroatoms. The maximum atomic E-state index is 13.0. The molecule has 1 aromatic rings. The van der Waals surface area contributed by atoms with E-state index < -0.39 is 23.9 Å². The van der Waals surface area contributed by atoms with E-state index in [4.69, 9.17) is 4.74 Å². The Morgan fingerprint density at radius 2 is 1.67 bits per heavy atom. The van der Waals surface area contributed by atoms with Gasteiger partial charge in [-0.1, -0.05) is 0 Å². The van der Waals surface area contributed by atoms with Crippen LogP contribution in [0.15, 0.2) is 29.4 Å². The highest BCUT2D eigenvalue weighted by molar-refractivity contribution is 5.87. The van der Waals surface area contributed by atoms with Gasteiger partial charge in [-0.05, 0) is 36.8 Å². The molecule has 0 unspecified atom stereocenters. The van der Waals surface area contributed by atoms with E-state index in [0.717, 1.165) is 11.6 Å². The quantitative estimate of drug-likeness (QED) is 0.481. The van der Waals surface area contributed by atoms with E-state index in [0.29, 0.717) is 12.4 Å². The monoisotopic (exact) mass is 360 g/mol. The smallest absolute Gasteiger partial charge is 0.460 e. The number of nitrogens with zero attached hydrogens (tertiary/aromatic N) is 1. The number of alkyl halides is 7. The lowest BCUT2D eigenvalue weighted by Gasteiger charge is -2.26. The van der Waals surface area contributed by atoms with E-state index in [1.165, 1.54) is 24.3 Å². The Hall–Kier alpha value is -2.33. The molecule has 0 heterocycles. The van der Waals surface area contributed by atoms with E-state index in [-0.39, 0.29) is 5.56 Å². The lowest BCUT2D eigenvalue weighted by Crippen LogP contribution is -2.58. The van der Waals surface area contributed by atoms with Gasteiger partial charge in [-0.15, -0.1) is 0 Å². The zero-order valence-electron chi connectivity index (χ0n) is 12.0. The second-order valence-corrected chi connectivity index (χ2v) is 4.35. The third-order valence-electron chi connectivity index (χ3n) is 2.61. The lowest BCUT2D eigenvalue weighted by atomic mass is 10.1. The predicted molar refractivity (Wildman–Crippen MR) is 69.3 cm³/mol.